The molecule has 1 aliphatic heterocycles. The maximum Gasteiger partial charge on any atom is 0.251 e. The van der Waals surface area contributed by atoms with Crippen molar-refractivity contribution in [3.05, 3.63) is 59.2 Å². The Labute approximate surface area is 185 Å². The topological polar surface area (TPSA) is 78.9 Å². The molecule has 1 fully saturated rings. The second-order valence-corrected chi connectivity index (χ2v) is 9.79. The van der Waals surface area contributed by atoms with Crippen LogP contribution in [0.1, 0.15) is 27.9 Å². The highest BCUT2D eigenvalue weighted by molar-refractivity contribution is 7.89. The van der Waals surface area contributed by atoms with E-state index in [9.17, 15) is 13.2 Å². The van der Waals surface area contributed by atoms with Crippen molar-refractivity contribution in [1.82, 2.24) is 14.5 Å². The van der Waals surface area contributed by atoms with Crippen molar-refractivity contribution >= 4 is 15.9 Å². The van der Waals surface area contributed by atoms with Crippen LogP contribution >= 0.6 is 0 Å². The monoisotopic (exact) mass is 445 g/mol. The van der Waals surface area contributed by atoms with Crippen LogP contribution in [0.25, 0.3) is 0 Å². The number of methoxy groups -OCH3 is 1. The first-order valence-electron chi connectivity index (χ1n) is 10.5. The molecule has 1 saturated heterocycles. The summed E-state index contributed by atoms with van der Waals surface area (Å²) < 4.78 is 32.9. The Hall–Kier alpha value is -2.42. The van der Waals surface area contributed by atoms with Gasteiger partial charge < -0.3 is 15.0 Å². The highest BCUT2D eigenvalue weighted by Gasteiger charge is 2.28. The first-order chi connectivity index (χ1) is 14.8. The van der Waals surface area contributed by atoms with E-state index in [1.807, 2.05) is 38.2 Å². The minimum absolute atomic E-state index is 0.168. The SMILES string of the molecule is COc1ccccc1CCCNC(=O)c1cc(S(=O)(=O)N2CCN(C)CC2)ccc1C. The van der Waals surface area contributed by atoms with E-state index in [-0.39, 0.29) is 10.8 Å². The number of nitrogens with zero attached hydrogens (tertiary/aromatic N) is 2. The van der Waals surface area contributed by atoms with Gasteiger partial charge in [0.1, 0.15) is 5.75 Å². The molecule has 1 N–H and O–H groups in total. The van der Waals surface area contributed by atoms with Gasteiger partial charge >= 0.3 is 0 Å². The van der Waals surface area contributed by atoms with Crippen molar-refractivity contribution in [2.75, 3.05) is 46.9 Å². The average Bonchev–Trinajstić information content (AvgIpc) is 2.77. The van der Waals surface area contributed by atoms with Crippen LogP contribution in [-0.2, 0) is 16.4 Å². The van der Waals surface area contributed by atoms with Gasteiger partial charge in [0.05, 0.1) is 12.0 Å². The Kier molecular flexibility index (Phi) is 7.69. The van der Waals surface area contributed by atoms with E-state index in [1.165, 1.54) is 10.4 Å². The van der Waals surface area contributed by atoms with Crippen LogP contribution in [-0.4, -0.2) is 70.4 Å². The number of amides is 1. The molecule has 2 aromatic rings. The Morgan fingerprint density at radius 3 is 2.52 bits per heavy atom. The number of hydrogen-bond acceptors (Lipinski definition) is 5. The molecule has 31 heavy (non-hydrogen) atoms. The summed E-state index contributed by atoms with van der Waals surface area (Å²) >= 11 is 0. The zero-order valence-electron chi connectivity index (χ0n) is 18.4. The fourth-order valence-corrected chi connectivity index (χ4v) is 5.12. The zero-order chi connectivity index (χ0) is 22.4. The lowest BCUT2D eigenvalue weighted by Crippen LogP contribution is -2.47. The molecule has 0 saturated carbocycles. The number of sulfonamides is 1. The molecular weight excluding hydrogens is 414 g/mol. The van der Waals surface area contributed by atoms with Crippen LogP contribution in [0.5, 0.6) is 5.75 Å². The van der Waals surface area contributed by atoms with E-state index in [4.69, 9.17) is 4.74 Å². The van der Waals surface area contributed by atoms with Crippen LogP contribution in [0.2, 0.25) is 0 Å². The smallest absolute Gasteiger partial charge is 0.251 e. The molecule has 0 aromatic heterocycles. The van der Waals surface area contributed by atoms with Crippen molar-refractivity contribution in [2.24, 2.45) is 0 Å². The van der Waals surface area contributed by atoms with Gasteiger partial charge in [-0.15, -0.1) is 0 Å². The van der Waals surface area contributed by atoms with Gasteiger partial charge in [-0.3, -0.25) is 4.79 Å². The van der Waals surface area contributed by atoms with Crippen molar-refractivity contribution in [3.63, 3.8) is 0 Å². The third-order valence-corrected chi connectivity index (χ3v) is 7.55. The first-order valence-corrected chi connectivity index (χ1v) is 12.0. The van der Waals surface area contributed by atoms with Crippen LogP contribution in [0, 0.1) is 6.92 Å². The molecule has 0 bridgehead atoms. The molecule has 1 aliphatic rings. The maximum atomic E-state index is 13.0. The third-order valence-electron chi connectivity index (χ3n) is 5.65. The lowest BCUT2D eigenvalue weighted by molar-refractivity contribution is 0.0952. The number of aryl methyl sites for hydroxylation is 2. The Balaban J connectivity index is 1.63. The van der Waals surface area contributed by atoms with Crippen molar-refractivity contribution < 1.29 is 17.9 Å². The van der Waals surface area contributed by atoms with Crippen LogP contribution in [0.15, 0.2) is 47.4 Å². The first kappa shape index (κ1) is 23.2. The third kappa shape index (κ3) is 5.64. The van der Waals surface area contributed by atoms with Gasteiger partial charge in [-0.05, 0) is 56.1 Å². The summed E-state index contributed by atoms with van der Waals surface area (Å²) in [6, 6.07) is 12.6. The lowest BCUT2D eigenvalue weighted by Gasteiger charge is -2.31. The fraction of sp³-hybridized carbons (Fsp3) is 0.435. The Morgan fingerprint density at radius 2 is 1.81 bits per heavy atom. The van der Waals surface area contributed by atoms with E-state index >= 15 is 0 Å². The summed E-state index contributed by atoms with van der Waals surface area (Å²) in [5.74, 6) is 0.583. The van der Waals surface area contributed by atoms with Gasteiger partial charge in [-0.1, -0.05) is 24.3 Å². The van der Waals surface area contributed by atoms with E-state index in [1.54, 1.807) is 19.2 Å². The number of likely N-dealkylation sites (N-methyl/N-ethyl adjacent to an activating group) is 1. The van der Waals surface area contributed by atoms with E-state index < -0.39 is 10.0 Å². The largest absolute Gasteiger partial charge is 0.496 e. The lowest BCUT2D eigenvalue weighted by atomic mass is 10.1. The molecule has 7 nitrogen and oxygen atoms in total. The van der Waals surface area contributed by atoms with Gasteiger partial charge in [0.25, 0.3) is 5.91 Å². The molecule has 168 valence electrons. The Morgan fingerprint density at radius 1 is 1.10 bits per heavy atom. The second kappa shape index (κ2) is 10.3. The fourth-order valence-electron chi connectivity index (χ4n) is 3.67. The summed E-state index contributed by atoms with van der Waals surface area (Å²) in [5.41, 5.74) is 2.24. The Bertz CT molecular complexity index is 1020. The molecule has 8 heteroatoms. The normalized spacial score (nSPS) is 15.6. The predicted molar refractivity (Wildman–Crippen MR) is 121 cm³/mol. The highest BCUT2D eigenvalue weighted by atomic mass is 32.2. The van der Waals surface area contributed by atoms with Crippen molar-refractivity contribution in [2.45, 2.75) is 24.7 Å². The van der Waals surface area contributed by atoms with Crippen LogP contribution < -0.4 is 10.1 Å². The number of benzene rings is 2. The molecule has 0 spiro atoms. The molecule has 0 radical (unpaired) electrons. The summed E-state index contributed by atoms with van der Waals surface area (Å²) in [6.07, 6.45) is 1.53. The average molecular weight is 446 g/mol. The molecule has 0 aliphatic carbocycles. The summed E-state index contributed by atoms with van der Waals surface area (Å²) in [4.78, 5) is 15.0. The van der Waals surface area contributed by atoms with Crippen molar-refractivity contribution in [3.8, 4) is 5.75 Å². The maximum absolute atomic E-state index is 13.0. The van der Waals surface area contributed by atoms with Crippen LogP contribution in [0.3, 0.4) is 0 Å². The van der Waals surface area contributed by atoms with E-state index in [0.29, 0.717) is 38.3 Å². The zero-order valence-corrected chi connectivity index (χ0v) is 19.2. The minimum atomic E-state index is -3.61. The number of piperazine rings is 1. The highest BCUT2D eigenvalue weighted by Crippen LogP contribution is 2.21. The van der Waals surface area contributed by atoms with Crippen LogP contribution in [0.4, 0.5) is 0 Å². The quantitative estimate of drug-likeness (QED) is 0.631. The molecule has 1 amide bonds. The summed E-state index contributed by atoms with van der Waals surface area (Å²) in [5, 5.41) is 2.92. The molecule has 0 atom stereocenters. The second-order valence-electron chi connectivity index (χ2n) is 7.86. The summed E-state index contributed by atoms with van der Waals surface area (Å²) in [7, 11) is 0.00937. The number of carbonyl (C=O) groups is 1. The van der Waals surface area contributed by atoms with E-state index in [2.05, 4.69) is 10.2 Å². The number of rotatable bonds is 8. The molecule has 1 heterocycles. The van der Waals surface area contributed by atoms with Crippen molar-refractivity contribution in [1.29, 1.82) is 0 Å². The van der Waals surface area contributed by atoms with Gasteiger partial charge in [-0.2, -0.15) is 4.31 Å². The predicted octanol–water partition coefficient (Wildman–Crippen LogP) is 2.30. The number of nitrogens with one attached hydrogen (secondary N) is 1. The van der Waals surface area contributed by atoms with Gasteiger partial charge in [0.15, 0.2) is 0 Å². The minimum Gasteiger partial charge on any atom is -0.496 e. The standard InChI is InChI=1S/C23H31N3O4S/c1-18-10-11-20(31(28,29)26-15-13-25(2)14-16-26)17-21(18)23(27)24-12-6-8-19-7-4-5-9-22(19)30-3/h4-5,7,9-11,17H,6,8,12-16H2,1-3H3,(H,24,27). The molecule has 2 aromatic carbocycles. The number of carbonyl (C=O) groups excluding carboxylic acids is 1. The van der Waals surface area contributed by atoms with E-state index in [0.717, 1.165) is 29.7 Å². The van der Waals surface area contributed by atoms with Gasteiger partial charge in [0, 0.05) is 38.3 Å². The summed E-state index contributed by atoms with van der Waals surface area (Å²) in [6.45, 7) is 4.62. The molecule has 0 unspecified atom stereocenters. The van der Waals surface area contributed by atoms with Gasteiger partial charge in [-0.25, -0.2) is 8.42 Å². The number of para-hydroxylation sites is 1. The number of ether oxygens (including phenoxy) is 1. The molecular formula is C23H31N3O4S. The number of hydrogen-bond donors (Lipinski definition) is 1. The molecule has 3 rings (SSSR count). The van der Waals surface area contributed by atoms with Gasteiger partial charge in [0.2, 0.25) is 10.0 Å².